The molecule has 3 rings (SSSR count). The molecule has 1 aromatic heterocycles. The molecular formula is C19H24N2O3S. The van der Waals surface area contributed by atoms with Crippen LogP contribution in [0.5, 0.6) is 11.5 Å². The average Bonchev–Trinajstić information content (AvgIpc) is 3.09. The number of nitrogens with one attached hydrogen (secondary N) is 1. The van der Waals surface area contributed by atoms with Crippen LogP contribution in [-0.4, -0.2) is 44.7 Å². The Morgan fingerprint density at radius 1 is 1.20 bits per heavy atom. The summed E-state index contributed by atoms with van der Waals surface area (Å²) < 4.78 is 10.7. The van der Waals surface area contributed by atoms with Gasteiger partial charge in [-0.3, -0.25) is 4.79 Å². The molecule has 2 aromatic rings. The highest BCUT2D eigenvalue weighted by Gasteiger charge is 2.29. The third kappa shape index (κ3) is 4.32. The molecule has 1 aliphatic heterocycles. The van der Waals surface area contributed by atoms with Gasteiger partial charge in [-0.15, -0.1) is 0 Å². The molecule has 0 spiro atoms. The fourth-order valence-electron chi connectivity index (χ4n) is 2.89. The second-order valence-corrected chi connectivity index (χ2v) is 6.97. The van der Waals surface area contributed by atoms with Crippen molar-refractivity contribution in [2.45, 2.75) is 13.0 Å². The Bertz CT molecular complexity index is 699. The molecule has 1 N–H and O–H groups in total. The zero-order valence-corrected chi connectivity index (χ0v) is 15.5. The predicted molar refractivity (Wildman–Crippen MR) is 99.3 cm³/mol. The molecule has 0 bridgehead atoms. The molecule has 134 valence electrons. The van der Waals surface area contributed by atoms with Gasteiger partial charge >= 0.3 is 0 Å². The Morgan fingerprint density at radius 2 is 2.00 bits per heavy atom. The van der Waals surface area contributed by atoms with Gasteiger partial charge in [0.1, 0.15) is 0 Å². The van der Waals surface area contributed by atoms with Gasteiger partial charge in [0.2, 0.25) is 5.91 Å². The van der Waals surface area contributed by atoms with Gasteiger partial charge in [0.15, 0.2) is 11.5 Å². The Kier molecular flexibility index (Phi) is 5.94. The normalized spacial score (nSPS) is 14.0. The number of thiophene rings is 1. The number of rotatable bonds is 8. The second kappa shape index (κ2) is 8.36. The lowest BCUT2D eigenvalue weighted by Crippen LogP contribution is -2.52. The lowest BCUT2D eigenvalue weighted by atomic mass is 10.0. The Morgan fingerprint density at radius 3 is 2.60 bits per heavy atom. The van der Waals surface area contributed by atoms with Crippen LogP contribution in [0, 0.1) is 5.92 Å². The van der Waals surface area contributed by atoms with Gasteiger partial charge in [0.05, 0.1) is 20.1 Å². The summed E-state index contributed by atoms with van der Waals surface area (Å²) in [5, 5.41) is 7.34. The van der Waals surface area contributed by atoms with E-state index in [0.29, 0.717) is 13.1 Å². The monoisotopic (exact) mass is 360 g/mol. The summed E-state index contributed by atoms with van der Waals surface area (Å²) in [6, 6.07) is 8.01. The number of benzene rings is 1. The maximum absolute atomic E-state index is 12.7. The van der Waals surface area contributed by atoms with Gasteiger partial charge in [-0.1, -0.05) is 6.07 Å². The minimum Gasteiger partial charge on any atom is -0.493 e. The summed E-state index contributed by atoms with van der Waals surface area (Å²) in [6.07, 6.45) is 0.788. The highest BCUT2D eigenvalue weighted by atomic mass is 32.1. The summed E-state index contributed by atoms with van der Waals surface area (Å²) in [6.45, 7) is 2.94. The van der Waals surface area contributed by atoms with E-state index in [0.717, 1.165) is 36.6 Å². The lowest BCUT2D eigenvalue weighted by Gasteiger charge is -2.32. The van der Waals surface area contributed by atoms with Crippen LogP contribution in [0.2, 0.25) is 0 Å². The molecule has 1 aliphatic rings. The van der Waals surface area contributed by atoms with Crippen LogP contribution >= 0.6 is 11.3 Å². The Labute approximate surface area is 152 Å². The number of carbonyl (C=O) groups excluding carboxylic acids is 1. The van der Waals surface area contributed by atoms with Crippen LogP contribution in [-0.2, 0) is 17.8 Å². The molecule has 0 radical (unpaired) electrons. The Hall–Kier alpha value is -2.05. The molecule has 25 heavy (non-hydrogen) atoms. The molecule has 1 aromatic carbocycles. The van der Waals surface area contributed by atoms with Crippen molar-refractivity contribution in [3.63, 3.8) is 0 Å². The van der Waals surface area contributed by atoms with E-state index in [9.17, 15) is 4.79 Å². The minimum absolute atomic E-state index is 0.115. The van der Waals surface area contributed by atoms with E-state index in [4.69, 9.17) is 9.47 Å². The first kappa shape index (κ1) is 17.8. The van der Waals surface area contributed by atoms with Crippen molar-refractivity contribution in [1.82, 2.24) is 10.2 Å². The summed E-state index contributed by atoms with van der Waals surface area (Å²) in [5.41, 5.74) is 2.32. The zero-order chi connectivity index (χ0) is 17.6. The molecule has 0 aliphatic carbocycles. The summed E-state index contributed by atoms with van der Waals surface area (Å²) in [4.78, 5) is 14.7. The van der Waals surface area contributed by atoms with Crippen LogP contribution in [0.3, 0.4) is 0 Å². The van der Waals surface area contributed by atoms with Crippen molar-refractivity contribution in [2.24, 2.45) is 5.92 Å². The minimum atomic E-state index is 0.115. The second-order valence-electron chi connectivity index (χ2n) is 6.19. The van der Waals surface area contributed by atoms with Gasteiger partial charge in [-0.25, -0.2) is 0 Å². The van der Waals surface area contributed by atoms with E-state index in [1.165, 1.54) is 5.56 Å². The number of methoxy groups -OCH3 is 2. The largest absolute Gasteiger partial charge is 0.493 e. The SMILES string of the molecule is COc1ccc(CCN(Cc2ccsc2)C(=O)C2CNC2)cc1OC. The molecule has 6 heteroatoms. The standard InChI is InChI=1S/C19H24N2O3S/c1-23-17-4-3-14(9-18(17)24-2)5-7-21(12-15-6-8-25-13-15)19(22)16-10-20-11-16/h3-4,6,8-9,13,16,20H,5,7,10-12H2,1-2H3. The maximum atomic E-state index is 12.7. The van der Waals surface area contributed by atoms with E-state index < -0.39 is 0 Å². The van der Waals surface area contributed by atoms with E-state index in [2.05, 4.69) is 22.1 Å². The molecule has 2 heterocycles. The van der Waals surface area contributed by atoms with E-state index >= 15 is 0 Å². The fraction of sp³-hybridized carbons (Fsp3) is 0.421. The van der Waals surface area contributed by atoms with E-state index in [1.807, 2.05) is 23.1 Å². The van der Waals surface area contributed by atoms with Crippen molar-refractivity contribution < 1.29 is 14.3 Å². The third-order valence-electron chi connectivity index (χ3n) is 4.51. The molecule has 1 amide bonds. The van der Waals surface area contributed by atoms with Crippen LogP contribution in [0.1, 0.15) is 11.1 Å². The number of nitrogens with zero attached hydrogens (tertiary/aromatic N) is 1. The van der Waals surface area contributed by atoms with Gasteiger partial charge < -0.3 is 19.7 Å². The molecule has 0 saturated carbocycles. The lowest BCUT2D eigenvalue weighted by molar-refractivity contribution is -0.137. The first-order valence-corrected chi connectivity index (χ1v) is 9.37. The van der Waals surface area contributed by atoms with Crippen molar-refractivity contribution in [3.05, 3.63) is 46.2 Å². The summed E-state index contributed by atoms with van der Waals surface area (Å²) in [7, 11) is 3.27. The van der Waals surface area contributed by atoms with Crippen molar-refractivity contribution in [1.29, 1.82) is 0 Å². The van der Waals surface area contributed by atoms with E-state index in [1.54, 1.807) is 25.6 Å². The maximum Gasteiger partial charge on any atom is 0.228 e. The van der Waals surface area contributed by atoms with E-state index in [-0.39, 0.29) is 11.8 Å². The van der Waals surface area contributed by atoms with Crippen LogP contribution in [0.25, 0.3) is 0 Å². The molecule has 1 fully saturated rings. The highest BCUT2D eigenvalue weighted by molar-refractivity contribution is 7.07. The smallest absolute Gasteiger partial charge is 0.228 e. The van der Waals surface area contributed by atoms with Crippen molar-refractivity contribution >= 4 is 17.2 Å². The van der Waals surface area contributed by atoms with Crippen LogP contribution in [0.15, 0.2) is 35.0 Å². The van der Waals surface area contributed by atoms with Gasteiger partial charge in [0.25, 0.3) is 0 Å². The molecule has 5 nitrogen and oxygen atoms in total. The van der Waals surface area contributed by atoms with Crippen LogP contribution in [0.4, 0.5) is 0 Å². The number of ether oxygens (including phenoxy) is 2. The van der Waals surface area contributed by atoms with Crippen molar-refractivity contribution in [3.8, 4) is 11.5 Å². The number of hydrogen-bond acceptors (Lipinski definition) is 5. The molecule has 1 saturated heterocycles. The van der Waals surface area contributed by atoms with Gasteiger partial charge in [-0.2, -0.15) is 11.3 Å². The van der Waals surface area contributed by atoms with Gasteiger partial charge in [0, 0.05) is 26.2 Å². The molecular weight excluding hydrogens is 336 g/mol. The number of hydrogen-bond donors (Lipinski definition) is 1. The van der Waals surface area contributed by atoms with Crippen molar-refractivity contribution in [2.75, 3.05) is 33.9 Å². The first-order chi connectivity index (χ1) is 12.2. The fourth-order valence-corrected chi connectivity index (χ4v) is 3.55. The first-order valence-electron chi connectivity index (χ1n) is 8.42. The quantitative estimate of drug-likeness (QED) is 0.786. The summed E-state index contributed by atoms with van der Waals surface area (Å²) in [5.74, 6) is 1.80. The van der Waals surface area contributed by atoms with Gasteiger partial charge in [-0.05, 0) is 46.5 Å². The third-order valence-corrected chi connectivity index (χ3v) is 5.25. The highest BCUT2D eigenvalue weighted by Crippen LogP contribution is 2.28. The predicted octanol–water partition coefficient (Wildman–Crippen LogP) is 2.56. The Balaban J connectivity index is 1.68. The average molecular weight is 360 g/mol. The summed E-state index contributed by atoms with van der Waals surface area (Å²) >= 11 is 1.66. The zero-order valence-electron chi connectivity index (χ0n) is 14.7. The van der Waals surface area contributed by atoms with Crippen LogP contribution < -0.4 is 14.8 Å². The molecule has 0 unspecified atom stereocenters. The topological polar surface area (TPSA) is 50.8 Å². The molecule has 0 atom stereocenters. The number of amides is 1. The number of carbonyl (C=O) groups is 1.